The summed E-state index contributed by atoms with van der Waals surface area (Å²) in [6, 6.07) is 0. The van der Waals surface area contributed by atoms with Crippen molar-refractivity contribution in [2.75, 3.05) is 0 Å². The van der Waals surface area contributed by atoms with E-state index < -0.39 is 54.7 Å². The molecule has 0 aromatic rings. The van der Waals surface area contributed by atoms with Crippen molar-refractivity contribution in [3.8, 4) is 0 Å². The molecule has 1 aliphatic heterocycles. The Balaban J connectivity index is 0.00000676. The first-order valence-corrected chi connectivity index (χ1v) is 8.33. The van der Waals surface area contributed by atoms with E-state index in [1.54, 1.807) is 0 Å². The Kier molecular flexibility index (Phi) is 9.05. The zero-order valence-electron chi connectivity index (χ0n) is 15.7. The van der Waals surface area contributed by atoms with Crippen molar-refractivity contribution in [3.63, 3.8) is 0 Å². The molecular formula is C17H24NO8Ru. The van der Waals surface area contributed by atoms with Gasteiger partial charge in [0.2, 0.25) is 0 Å². The van der Waals surface area contributed by atoms with Gasteiger partial charge in [-0.1, -0.05) is 0 Å². The first kappa shape index (κ1) is 25.5. The van der Waals surface area contributed by atoms with Crippen LogP contribution in [0.4, 0.5) is 0 Å². The number of aliphatic carboxylic acids is 3. The molecule has 10 heteroatoms. The summed E-state index contributed by atoms with van der Waals surface area (Å²) >= 11 is 0. The van der Waals surface area contributed by atoms with Crippen LogP contribution < -0.4 is 20.6 Å². The van der Waals surface area contributed by atoms with Crippen LogP contribution in [0.2, 0.25) is 0 Å². The Morgan fingerprint density at radius 3 is 1.70 bits per heavy atom. The molecule has 1 radical (unpaired) electrons. The molecule has 27 heavy (non-hydrogen) atoms. The molecule has 1 N–H and O–H groups in total. The molecule has 0 aromatic heterocycles. The largest absolute Gasteiger partial charge is 3.00 e. The predicted octanol–water partition coefficient (Wildman–Crippen LogP) is -2.90. The fourth-order valence-corrected chi connectivity index (χ4v) is 3.68. The molecule has 0 aliphatic carbocycles. The molecule has 1 aliphatic rings. The zero-order valence-corrected chi connectivity index (χ0v) is 17.4. The molecule has 2 atom stereocenters. The Hall–Kier alpha value is -1.54. The van der Waals surface area contributed by atoms with Crippen molar-refractivity contribution in [1.29, 1.82) is 0 Å². The van der Waals surface area contributed by atoms with E-state index in [9.17, 15) is 34.5 Å². The average molecular weight is 471 g/mol. The van der Waals surface area contributed by atoms with E-state index in [2.05, 4.69) is 5.32 Å². The molecular weight excluding hydrogens is 447 g/mol. The fraction of sp³-hybridized carbons (Fsp3) is 0.765. The van der Waals surface area contributed by atoms with Gasteiger partial charge in [0.1, 0.15) is 6.10 Å². The number of carboxylic acid groups (broad SMARTS) is 3. The Morgan fingerprint density at radius 2 is 1.33 bits per heavy atom. The number of carboxylic acids is 3. The molecule has 1 saturated heterocycles. The third kappa shape index (κ3) is 8.34. The SMILES string of the molecule is CC1(C)CC(OC(=O)CC(C(=O)[O-])C(CC(=O)[O-])C(=O)[O-])CC(C)(C)N1.[Ru+3]. The maximum atomic E-state index is 12.2. The molecule has 0 amide bonds. The molecule has 9 nitrogen and oxygen atoms in total. The molecule has 0 bridgehead atoms. The van der Waals surface area contributed by atoms with E-state index >= 15 is 0 Å². The summed E-state index contributed by atoms with van der Waals surface area (Å²) in [6.07, 6.45) is -1.43. The second kappa shape index (κ2) is 9.60. The van der Waals surface area contributed by atoms with Crippen LogP contribution in [0.25, 0.3) is 0 Å². The van der Waals surface area contributed by atoms with Gasteiger partial charge in [0.05, 0.1) is 6.42 Å². The summed E-state index contributed by atoms with van der Waals surface area (Å²) in [7, 11) is 0. The van der Waals surface area contributed by atoms with Crippen LogP contribution in [0, 0.1) is 11.8 Å². The maximum absolute atomic E-state index is 12.2. The van der Waals surface area contributed by atoms with Gasteiger partial charge in [-0.05, 0) is 34.1 Å². The third-order valence-electron chi connectivity index (χ3n) is 4.32. The quantitative estimate of drug-likeness (QED) is 0.289. The molecule has 0 spiro atoms. The van der Waals surface area contributed by atoms with E-state index in [4.69, 9.17) is 4.74 Å². The number of ether oxygens (including phenoxy) is 1. The smallest absolute Gasteiger partial charge is 0.550 e. The van der Waals surface area contributed by atoms with Gasteiger partial charge in [-0.3, -0.25) is 4.79 Å². The summed E-state index contributed by atoms with van der Waals surface area (Å²) in [6.45, 7) is 7.74. The average Bonchev–Trinajstić information content (AvgIpc) is 2.37. The van der Waals surface area contributed by atoms with Crippen LogP contribution in [0.5, 0.6) is 0 Å². The van der Waals surface area contributed by atoms with Crippen LogP contribution in [0.1, 0.15) is 53.4 Å². The molecule has 1 rings (SSSR count). The van der Waals surface area contributed by atoms with Gasteiger partial charge in [-0.2, -0.15) is 0 Å². The minimum Gasteiger partial charge on any atom is -0.550 e. The van der Waals surface area contributed by atoms with E-state index in [0.29, 0.717) is 12.8 Å². The van der Waals surface area contributed by atoms with Gasteiger partial charge < -0.3 is 39.8 Å². The van der Waals surface area contributed by atoms with Crippen LogP contribution in [0.3, 0.4) is 0 Å². The van der Waals surface area contributed by atoms with E-state index in [-0.39, 0.29) is 30.6 Å². The van der Waals surface area contributed by atoms with Gasteiger partial charge in [0.15, 0.2) is 0 Å². The summed E-state index contributed by atoms with van der Waals surface area (Å²) in [5.41, 5.74) is -0.633. The molecule has 1 heterocycles. The normalized spacial score (nSPS) is 20.6. The van der Waals surface area contributed by atoms with Crippen molar-refractivity contribution in [3.05, 3.63) is 0 Å². The Bertz CT molecular complexity index is 573. The fourth-order valence-electron chi connectivity index (χ4n) is 3.68. The maximum Gasteiger partial charge on any atom is 3.00 e. The standard InChI is InChI=1S/C17H27NO8.Ru/c1-16(2)7-9(8-17(3,4)18-16)26-13(21)6-11(15(24)25)10(14(22)23)5-12(19)20;/h9-11,18H,5-8H2,1-4H3,(H,19,20)(H,22,23)(H,24,25);/q;+3/p-3. The van der Waals surface area contributed by atoms with E-state index in [1.807, 2.05) is 27.7 Å². The molecule has 153 valence electrons. The number of hydrogen-bond donors (Lipinski definition) is 1. The van der Waals surface area contributed by atoms with Crippen molar-refractivity contribution >= 4 is 23.9 Å². The predicted molar refractivity (Wildman–Crippen MR) is 81.6 cm³/mol. The second-order valence-corrected chi connectivity index (χ2v) is 8.04. The van der Waals surface area contributed by atoms with Crippen LogP contribution >= 0.6 is 0 Å². The van der Waals surface area contributed by atoms with Crippen molar-refractivity contribution in [1.82, 2.24) is 5.32 Å². The topological polar surface area (TPSA) is 159 Å². The minimum atomic E-state index is -1.95. The Morgan fingerprint density at radius 1 is 0.926 bits per heavy atom. The van der Waals surface area contributed by atoms with Gasteiger partial charge in [-0.15, -0.1) is 0 Å². The number of esters is 1. The second-order valence-electron chi connectivity index (χ2n) is 8.04. The van der Waals surface area contributed by atoms with Gasteiger partial charge in [0, 0.05) is 53.7 Å². The number of carbonyl (C=O) groups is 4. The number of nitrogens with one attached hydrogen (secondary N) is 1. The van der Waals surface area contributed by atoms with Crippen LogP contribution in [-0.2, 0) is 43.4 Å². The van der Waals surface area contributed by atoms with Crippen molar-refractivity contribution in [2.45, 2.75) is 70.6 Å². The van der Waals surface area contributed by atoms with Crippen LogP contribution in [-0.4, -0.2) is 41.1 Å². The summed E-state index contributed by atoms with van der Waals surface area (Å²) in [4.78, 5) is 45.1. The summed E-state index contributed by atoms with van der Waals surface area (Å²) in [5, 5.41) is 36.3. The number of piperidine rings is 1. The number of rotatable bonds is 8. The monoisotopic (exact) mass is 472 g/mol. The van der Waals surface area contributed by atoms with Crippen LogP contribution in [0.15, 0.2) is 0 Å². The number of hydrogen-bond acceptors (Lipinski definition) is 9. The van der Waals surface area contributed by atoms with E-state index in [1.165, 1.54) is 0 Å². The zero-order chi connectivity index (χ0) is 20.3. The first-order valence-electron chi connectivity index (χ1n) is 8.33. The molecule has 2 unspecified atom stereocenters. The van der Waals surface area contributed by atoms with E-state index in [0.717, 1.165) is 0 Å². The van der Waals surface area contributed by atoms with Crippen molar-refractivity contribution < 1.29 is 58.7 Å². The summed E-state index contributed by atoms with van der Waals surface area (Å²) < 4.78 is 5.33. The van der Waals surface area contributed by atoms with Gasteiger partial charge in [-0.25, -0.2) is 0 Å². The Labute approximate surface area is 170 Å². The van der Waals surface area contributed by atoms with Crippen molar-refractivity contribution in [2.24, 2.45) is 11.8 Å². The first-order chi connectivity index (χ1) is 11.7. The molecule has 0 saturated carbocycles. The minimum absolute atomic E-state index is 0. The van der Waals surface area contributed by atoms with Gasteiger partial charge in [0.25, 0.3) is 0 Å². The van der Waals surface area contributed by atoms with Gasteiger partial charge >= 0.3 is 25.4 Å². The molecule has 0 aromatic carbocycles. The summed E-state index contributed by atoms with van der Waals surface area (Å²) in [5.74, 6) is -10.3. The molecule has 1 fully saturated rings. The third-order valence-corrected chi connectivity index (χ3v) is 4.32. The number of carbonyl (C=O) groups excluding carboxylic acids is 4.